The van der Waals surface area contributed by atoms with E-state index in [2.05, 4.69) is 22.1 Å². The van der Waals surface area contributed by atoms with Crippen LogP contribution in [0.25, 0.3) is 0 Å². The Morgan fingerprint density at radius 2 is 2.09 bits per heavy atom. The van der Waals surface area contributed by atoms with Crippen molar-refractivity contribution in [2.45, 2.75) is 24.3 Å². The minimum Gasteiger partial charge on any atom is -0.338 e. The number of allylic oxidation sites excluding steroid dienone is 1. The Bertz CT molecular complexity index is 606. The molecule has 0 aliphatic carbocycles. The lowest BCUT2D eigenvalue weighted by Gasteiger charge is -2.33. The van der Waals surface area contributed by atoms with E-state index in [1.165, 1.54) is 16.6 Å². The van der Waals surface area contributed by atoms with Crippen LogP contribution in [0, 0.1) is 0 Å². The quantitative estimate of drug-likeness (QED) is 0.565. The topological polar surface area (TPSA) is 98.4 Å². The van der Waals surface area contributed by atoms with E-state index in [-0.39, 0.29) is 24.1 Å². The second kappa shape index (κ2) is 8.11. The second-order valence-corrected chi connectivity index (χ2v) is 7.23. The minimum atomic E-state index is -3.55. The number of carbonyl (C=O) groups is 1. The third kappa shape index (κ3) is 4.55. The lowest BCUT2D eigenvalue weighted by molar-refractivity contribution is 0.172. The number of rotatable bonds is 7. The number of hydrogen-bond acceptors (Lipinski definition) is 4. The zero-order valence-electron chi connectivity index (χ0n) is 13.1. The van der Waals surface area contributed by atoms with Crippen LogP contribution in [-0.2, 0) is 10.0 Å². The molecule has 1 saturated heterocycles. The van der Waals surface area contributed by atoms with Gasteiger partial charge in [-0.15, -0.1) is 6.58 Å². The summed E-state index contributed by atoms with van der Waals surface area (Å²) >= 11 is 0. The van der Waals surface area contributed by atoms with Gasteiger partial charge in [0.05, 0.1) is 6.20 Å². The average molecular weight is 341 g/mol. The van der Waals surface area contributed by atoms with E-state index in [0.717, 1.165) is 19.3 Å². The van der Waals surface area contributed by atoms with E-state index in [1.54, 1.807) is 4.90 Å². The molecule has 9 heteroatoms. The molecule has 23 heavy (non-hydrogen) atoms. The van der Waals surface area contributed by atoms with Gasteiger partial charge in [0.2, 0.25) is 0 Å². The number of urea groups is 1. The number of sulfonamides is 1. The summed E-state index contributed by atoms with van der Waals surface area (Å²) in [5, 5.41) is 9.09. The standard InChI is InChI=1S/C14H23N5O3S/c1-2-3-4-5-7-15-14(20)18-9-11-19(12-10-18)23(21,22)13-6-8-16-17-13/h2,6,8H,1,3-5,7,9-12H2,(H,15,20)(H,16,17). The fraction of sp³-hybridized carbons (Fsp3) is 0.571. The van der Waals surface area contributed by atoms with Crippen LogP contribution in [0.2, 0.25) is 0 Å². The highest BCUT2D eigenvalue weighted by Crippen LogP contribution is 2.14. The maximum Gasteiger partial charge on any atom is 0.317 e. The molecule has 0 spiro atoms. The number of unbranched alkanes of at least 4 members (excludes halogenated alkanes) is 2. The predicted molar refractivity (Wildman–Crippen MR) is 86.4 cm³/mol. The van der Waals surface area contributed by atoms with Crippen LogP contribution < -0.4 is 5.32 Å². The van der Waals surface area contributed by atoms with Gasteiger partial charge >= 0.3 is 6.03 Å². The summed E-state index contributed by atoms with van der Waals surface area (Å²) in [5.41, 5.74) is 0. The molecule has 2 heterocycles. The molecule has 0 unspecified atom stereocenters. The van der Waals surface area contributed by atoms with Crippen LogP contribution in [0.5, 0.6) is 0 Å². The van der Waals surface area contributed by atoms with Gasteiger partial charge in [0.25, 0.3) is 10.0 Å². The fourth-order valence-corrected chi connectivity index (χ4v) is 3.70. The molecule has 0 bridgehead atoms. The largest absolute Gasteiger partial charge is 0.338 e. The fourth-order valence-electron chi connectivity index (χ4n) is 2.38. The minimum absolute atomic E-state index is 0.0811. The van der Waals surface area contributed by atoms with Crippen molar-refractivity contribution in [3.63, 3.8) is 0 Å². The molecule has 2 amide bonds. The number of nitrogens with one attached hydrogen (secondary N) is 2. The lowest BCUT2D eigenvalue weighted by Crippen LogP contribution is -2.53. The monoisotopic (exact) mass is 341 g/mol. The molecule has 1 aliphatic heterocycles. The molecule has 0 radical (unpaired) electrons. The zero-order chi connectivity index (χ0) is 16.7. The molecule has 0 saturated carbocycles. The summed E-state index contributed by atoms with van der Waals surface area (Å²) in [6, 6.07) is 1.29. The third-order valence-corrected chi connectivity index (χ3v) is 5.56. The highest BCUT2D eigenvalue weighted by Gasteiger charge is 2.30. The summed E-state index contributed by atoms with van der Waals surface area (Å²) in [5.74, 6) is 0. The second-order valence-electron chi connectivity index (χ2n) is 5.33. The first kappa shape index (κ1) is 17.5. The van der Waals surface area contributed by atoms with Crippen molar-refractivity contribution in [1.29, 1.82) is 0 Å². The molecule has 1 aromatic heterocycles. The van der Waals surface area contributed by atoms with E-state index in [1.807, 2.05) is 6.08 Å². The Hall–Kier alpha value is -1.87. The summed E-state index contributed by atoms with van der Waals surface area (Å²) in [6.07, 6.45) is 6.12. The molecule has 0 aromatic carbocycles. The predicted octanol–water partition coefficient (Wildman–Crippen LogP) is 0.782. The molecule has 1 aliphatic rings. The average Bonchev–Trinajstić information content (AvgIpc) is 3.10. The molecular weight excluding hydrogens is 318 g/mol. The highest BCUT2D eigenvalue weighted by atomic mass is 32.2. The summed E-state index contributed by atoms with van der Waals surface area (Å²) in [6.45, 7) is 5.61. The smallest absolute Gasteiger partial charge is 0.317 e. The molecule has 2 N–H and O–H groups in total. The number of H-pyrrole nitrogens is 1. The van der Waals surface area contributed by atoms with Crippen molar-refractivity contribution in [3.05, 3.63) is 24.9 Å². The van der Waals surface area contributed by atoms with Crippen LogP contribution in [0.15, 0.2) is 29.9 Å². The van der Waals surface area contributed by atoms with Crippen molar-refractivity contribution in [1.82, 2.24) is 24.7 Å². The van der Waals surface area contributed by atoms with E-state index in [9.17, 15) is 13.2 Å². The highest BCUT2D eigenvalue weighted by molar-refractivity contribution is 7.89. The SMILES string of the molecule is C=CCCCCNC(=O)N1CCN(S(=O)(=O)c2ccn[nH]2)CC1. The van der Waals surface area contributed by atoms with E-state index in [0.29, 0.717) is 19.6 Å². The Morgan fingerprint density at radius 3 is 2.70 bits per heavy atom. The Kier molecular flexibility index (Phi) is 6.17. The van der Waals surface area contributed by atoms with Crippen LogP contribution in [0.1, 0.15) is 19.3 Å². The van der Waals surface area contributed by atoms with Gasteiger partial charge in [0.1, 0.15) is 0 Å². The van der Waals surface area contributed by atoms with Crippen LogP contribution in [-0.4, -0.2) is 66.6 Å². The Labute approximate surface area is 136 Å². The first-order valence-electron chi connectivity index (χ1n) is 7.69. The number of carbonyl (C=O) groups excluding carboxylic acids is 1. The number of aromatic nitrogens is 2. The van der Waals surface area contributed by atoms with Gasteiger partial charge in [-0.1, -0.05) is 6.08 Å². The Balaban J connectivity index is 1.77. The van der Waals surface area contributed by atoms with Gasteiger partial charge in [-0.25, -0.2) is 13.2 Å². The number of nitrogens with zero attached hydrogens (tertiary/aromatic N) is 3. The number of hydrogen-bond donors (Lipinski definition) is 2. The van der Waals surface area contributed by atoms with E-state index < -0.39 is 10.0 Å². The van der Waals surface area contributed by atoms with Gasteiger partial charge in [-0.2, -0.15) is 9.40 Å². The molecule has 1 fully saturated rings. The van der Waals surface area contributed by atoms with E-state index >= 15 is 0 Å². The maximum absolute atomic E-state index is 12.3. The van der Waals surface area contributed by atoms with Crippen molar-refractivity contribution in [3.8, 4) is 0 Å². The summed E-state index contributed by atoms with van der Waals surface area (Å²) in [7, 11) is -3.55. The van der Waals surface area contributed by atoms with Gasteiger partial charge in [-0.3, -0.25) is 5.10 Å². The molecule has 8 nitrogen and oxygen atoms in total. The van der Waals surface area contributed by atoms with Crippen molar-refractivity contribution in [2.24, 2.45) is 0 Å². The van der Waals surface area contributed by atoms with Crippen molar-refractivity contribution >= 4 is 16.1 Å². The third-order valence-electron chi connectivity index (χ3n) is 3.73. The van der Waals surface area contributed by atoms with Crippen LogP contribution >= 0.6 is 0 Å². The molecular formula is C14H23N5O3S. The zero-order valence-corrected chi connectivity index (χ0v) is 13.9. The van der Waals surface area contributed by atoms with Crippen molar-refractivity contribution < 1.29 is 13.2 Å². The number of piperazine rings is 1. The van der Waals surface area contributed by atoms with Gasteiger partial charge in [0.15, 0.2) is 5.03 Å². The molecule has 128 valence electrons. The van der Waals surface area contributed by atoms with Gasteiger partial charge in [0, 0.05) is 32.7 Å². The summed E-state index contributed by atoms with van der Waals surface area (Å²) < 4.78 is 26.0. The summed E-state index contributed by atoms with van der Waals surface area (Å²) in [4.78, 5) is 13.7. The molecule has 0 atom stereocenters. The Morgan fingerprint density at radius 1 is 1.35 bits per heavy atom. The number of amides is 2. The first-order valence-corrected chi connectivity index (χ1v) is 9.13. The number of aromatic amines is 1. The maximum atomic E-state index is 12.3. The lowest BCUT2D eigenvalue weighted by atomic mass is 10.2. The van der Waals surface area contributed by atoms with E-state index in [4.69, 9.17) is 0 Å². The molecule has 2 rings (SSSR count). The van der Waals surface area contributed by atoms with Crippen LogP contribution in [0.3, 0.4) is 0 Å². The van der Waals surface area contributed by atoms with Gasteiger partial charge < -0.3 is 10.2 Å². The first-order chi connectivity index (χ1) is 11.1. The van der Waals surface area contributed by atoms with Crippen molar-refractivity contribution in [2.75, 3.05) is 32.7 Å². The van der Waals surface area contributed by atoms with Crippen LogP contribution in [0.4, 0.5) is 4.79 Å². The van der Waals surface area contributed by atoms with Gasteiger partial charge in [-0.05, 0) is 25.3 Å². The normalized spacial score (nSPS) is 16.3. The molecule has 1 aromatic rings.